The molecule has 100 valence electrons. The molecule has 5 heteroatoms. The summed E-state index contributed by atoms with van der Waals surface area (Å²) in [5, 5.41) is 0. The molecule has 18 heavy (non-hydrogen) atoms. The fourth-order valence-corrected chi connectivity index (χ4v) is 1.86. The SMILES string of the molecule is CCC(C)N(CCOC)c1ccnc(C(N)=S)c1. The second kappa shape index (κ2) is 7.28. The highest BCUT2D eigenvalue weighted by molar-refractivity contribution is 7.80. The van der Waals surface area contributed by atoms with Crippen LogP contribution in [0, 0.1) is 0 Å². The van der Waals surface area contributed by atoms with Crippen LogP contribution < -0.4 is 10.6 Å². The third kappa shape index (κ3) is 3.92. The van der Waals surface area contributed by atoms with Crippen LogP contribution in [0.4, 0.5) is 5.69 Å². The van der Waals surface area contributed by atoms with Gasteiger partial charge in [-0.15, -0.1) is 0 Å². The van der Waals surface area contributed by atoms with Crippen LogP contribution in [0.5, 0.6) is 0 Å². The van der Waals surface area contributed by atoms with Gasteiger partial charge in [-0.2, -0.15) is 0 Å². The summed E-state index contributed by atoms with van der Waals surface area (Å²) in [5.41, 5.74) is 7.36. The van der Waals surface area contributed by atoms with Gasteiger partial charge in [0.1, 0.15) is 4.99 Å². The number of ether oxygens (including phenoxy) is 1. The van der Waals surface area contributed by atoms with Crippen LogP contribution in [-0.2, 0) is 4.74 Å². The summed E-state index contributed by atoms with van der Waals surface area (Å²) in [6, 6.07) is 4.34. The summed E-state index contributed by atoms with van der Waals surface area (Å²) in [4.78, 5) is 6.77. The van der Waals surface area contributed by atoms with E-state index in [9.17, 15) is 0 Å². The molecule has 0 radical (unpaired) electrons. The van der Waals surface area contributed by atoms with Crippen molar-refractivity contribution in [2.24, 2.45) is 5.73 Å². The van der Waals surface area contributed by atoms with Gasteiger partial charge in [0.05, 0.1) is 12.3 Å². The first-order chi connectivity index (χ1) is 8.60. The van der Waals surface area contributed by atoms with E-state index in [1.54, 1.807) is 13.3 Å². The smallest absolute Gasteiger partial charge is 0.122 e. The molecular formula is C13H21N3OS. The molecule has 0 amide bonds. The Kier molecular flexibility index (Phi) is 6.01. The van der Waals surface area contributed by atoms with Gasteiger partial charge in [0, 0.05) is 31.6 Å². The van der Waals surface area contributed by atoms with Crippen molar-refractivity contribution in [1.29, 1.82) is 0 Å². The third-order valence-corrected chi connectivity index (χ3v) is 3.20. The van der Waals surface area contributed by atoms with E-state index in [0.717, 1.165) is 18.7 Å². The van der Waals surface area contributed by atoms with E-state index in [-0.39, 0.29) is 0 Å². The van der Waals surface area contributed by atoms with Crippen molar-refractivity contribution in [1.82, 2.24) is 4.98 Å². The molecule has 1 aromatic rings. The van der Waals surface area contributed by atoms with Crippen LogP contribution in [0.15, 0.2) is 18.3 Å². The fourth-order valence-electron chi connectivity index (χ4n) is 1.75. The molecule has 2 N–H and O–H groups in total. The average molecular weight is 267 g/mol. The minimum absolute atomic E-state index is 0.327. The number of hydrogen-bond acceptors (Lipinski definition) is 4. The van der Waals surface area contributed by atoms with Gasteiger partial charge >= 0.3 is 0 Å². The molecule has 0 aliphatic carbocycles. The van der Waals surface area contributed by atoms with Gasteiger partial charge in [0.25, 0.3) is 0 Å². The first-order valence-corrected chi connectivity index (χ1v) is 6.52. The summed E-state index contributed by atoms with van der Waals surface area (Å²) < 4.78 is 5.16. The molecule has 0 bridgehead atoms. The van der Waals surface area contributed by atoms with Gasteiger partial charge in [0.2, 0.25) is 0 Å². The lowest BCUT2D eigenvalue weighted by molar-refractivity contribution is 0.203. The third-order valence-electron chi connectivity index (χ3n) is 2.99. The Hall–Kier alpha value is -1.20. The maximum atomic E-state index is 5.62. The zero-order valence-corrected chi connectivity index (χ0v) is 12.0. The van der Waals surface area contributed by atoms with Gasteiger partial charge in [-0.1, -0.05) is 19.1 Å². The van der Waals surface area contributed by atoms with Gasteiger partial charge < -0.3 is 15.4 Å². The standard InChI is InChI=1S/C13H21N3OS/c1-4-10(2)16(7-8-17-3)11-5-6-15-12(9-11)13(14)18/h5-6,9-10H,4,7-8H2,1-3H3,(H2,14,18). The van der Waals surface area contributed by atoms with Gasteiger partial charge in [-0.25, -0.2) is 0 Å². The highest BCUT2D eigenvalue weighted by Gasteiger charge is 2.13. The Morgan fingerprint density at radius 2 is 2.33 bits per heavy atom. The van der Waals surface area contributed by atoms with Crippen LogP contribution in [-0.4, -0.2) is 36.3 Å². The minimum atomic E-state index is 0.327. The summed E-state index contributed by atoms with van der Waals surface area (Å²) in [6.07, 6.45) is 2.81. The van der Waals surface area contributed by atoms with E-state index >= 15 is 0 Å². The first-order valence-electron chi connectivity index (χ1n) is 6.11. The van der Waals surface area contributed by atoms with E-state index in [0.29, 0.717) is 23.3 Å². The fraction of sp³-hybridized carbons (Fsp3) is 0.538. The number of methoxy groups -OCH3 is 1. The summed E-state index contributed by atoms with van der Waals surface area (Å²) >= 11 is 4.96. The van der Waals surface area contributed by atoms with E-state index in [2.05, 4.69) is 23.7 Å². The normalized spacial score (nSPS) is 12.2. The number of nitrogens with zero attached hydrogens (tertiary/aromatic N) is 2. The highest BCUT2D eigenvalue weighted by Crippen LogP contribution is 2.18. The Morgan fingerprint density at radius 3 is 2.89 bits per heavy atom. The van der Waals surface area contributed by atoms with Crippen molar-refractivity contribution in [3.63, 3.8) is 0 Å². The Bertz CT molecular complexity index is 398. The zero-order chi connectivity index (χ0) is 13.5. The van der Waals surface area contributed by atoms with Crippen LogP contribution in [0.2, 0.25) is 0 Å². The van der Waals surface area contributed by atoms with E-state index < -0.39 is 0 Å². The maximum Gasteiger partial charge on any atom is 0.122 e. The molecule has 0 saturated heterocycles. The first kappa shape index (κ1) is 14.9. The summed E-state index contributed by atoms with van der Waals surface area (Å²) in [5.74, 6) is 0. The Balaban J connectivity index is 2.96. The molecule has 4 nitrogen and oxygen atoms in total. The lowest BCUT2D eigenvalue weighted by atomic mass is 10.2. The van der Waals surface area contributed by atoms with E-state index in [1.807, 2.05) is 12.1 Å². The Labute approximate surface area is 114 Å². The van der Waals surface area contributed by atoms with Crippen molar-refractivity contribution in [3.05, 3.63) is 24.0 Å². The molecule has 1 aromatic heterocycles. The van der Waals surface area contributed by atoms with Gasteiger partial charge in [0.15, 0.2) is 0 Å². The predicted octanol–water partition coefficient (Wildman–Crippen LogP) is 1.97. The molecule has 0 spiro atoms. The molecule has 1 rings (SSSR count). The number of aromatic nitrogens is 1. The highest BCUT2D eigenvalue weighted by atomic mass is 32.1. The van der Waals surface area contributed by atoms with Crippen LogP contribution in [0.3, 0.4) is 0 Å². The van der Waals surface area contributed by atoms with Crippen LogP contribution in [0.25, 0.3) is 0 Å². The lowest BCUT2D eigenvalue weighted by Crippen LogP contribution is -2.35. The number of anilines is 1. The van der Waals surface area contributed by atoms with Crippen molar-refractivity contribution in [2.45, 2.75) is 26.3 Å². The summed E-state index contributed by atoms with van der Waals surface area (Å²) in [6.45, 7) is 5.89. The van der Waals surface area contributed by atoms with Gasteiger partial charge in [-0.05, 0) is 25.5 Å². The number of rotatable bonds is 7. The number of pyridine rings is 1. The number of thiocarbonyl (C=S) groups is 1. The second-order valence-electron chi connectivity index (χ2n) is 4.21. The van der Waals surface area contributed by atoms with Crippen molar-refractivity contribution in [2.75, 3.05) is 25.2 Å². The monoisotopic (exact) mass is 267 g/mol. The molecule has 0 aromatic carbocycles. The zero-order valence-electron chi connectivity index (χ0n) is 11.2. The van der Waals surface area contributed by atoms with Crippen molar-refractivity contribution >= 4 is 22.9 Å². The molecule has 1 atom stereocenters. The number of hydrogen-bond donors (Lipinski definition) is 1. The van der Waals surface area contributed by atoms with Crippen molar-refractivity contribution in [3.8, 4) is 0 Å². The van der Waals surface area contributed by atoms with Crippen LogP contribution >= 0.6 is 12.2 Å². The average Bonchev–Trinajstić information content (AvgIpc) is 2.39. The largest absolute Gasteiger partial charge is 0.388 e. The maximum absolute atomic E-state index is 5.62. The second-order valence-corrected chi connectivity index (χ2v) is 4.65. The number of nitrogens with two attached hydrogens (primary N) is 1. The van der Waals surface area contributed by atoms with E-state index in [4.69, 9.17) is 22.7 Å². The Morgan fingerprint density at radius 1 is 1.61 bits per heavy atom. The molecule has 1 unspecified atom stereocenters. The topological polar surface area (TPSA) is 51.4 Å². The van der Waals surface area contributed by atoms with E-state index in [1.165, 1.54) is 0 Å². The lowest BCUT2D eigenvalue weighted by Gasteiger charge is -2.30. The predicted molar refractivity (Wildman–Crippen MR) is 79.1 cm³/mol. The molecule has 0 aliphatic rings. The molecule has 0 fully saturated rings. The van der Waals surface area contributed by atoms with Gasteiger partial charge in [-0.3, -0.25) is 4.98 Å². The quantitative estimate of drug-likeness (QED) is 0.765. The summed E-state index contributed by atoms with van der Waals surface area (Å²) in [7, 11) is 1.71. The van der Waals surface area contributed by atoms with Crippen molar-refractivity contribution < 1.29 is 4.74 Å². The molecule has 1 heterocycles. The molecular weight excluding hydrogens is 246 g/mol. The molecule has 0 aliphatic heterocycles. The minimum Gasteiger partial charge on any atom is -0.388 e. The van der Waals surface area contributed by atoms with Crippen LogP contribution in [0.1, 0.15) is 26.0 Å². The molecule has 0 saturated carbocycles.